The van der Waals surface area contributed by atoms with E-state index < -0.39 is 24.0 Å². The molecule has 0 amide bonds. The lowest BCUT2D eigenvalue weighted by molar-refractivity contribution is 0.212. The van der Waals surface area contributed by atoms with Crippen LogP contribution < -0.4 is 9.47 Å². The predicted octanol–water partition coefficient (Wildman–Crippen LogP) is 7.74. The summed E-state index contributed by atoms with van der Waals surface area (Å²) < 4.78 is 13.3. The molecule has 0 spiro atoms. The molecule has 2 heterocycles. The van der Waals surface area contributed by atoms with Gasteiger partial charge in [0.25, 0.3) is 0 Å². The molecule has 2 aliphatic rings. The number of benzene rings is 6. The van der Waals surface area contributed by atoms with Crippen LogP contribution in [0.1, 0.15) is 68.6 Å². The van der Waals surface area contributed by atoms with E-state index in [2.05, 4.69) is 0 Å². The van der Waals surface area contributed by atoms with Crippen LogP contribution in [-0.4, -0.2) is 46.0 Å². The van der Waals surface area contributed by atoms with Crippen LogP contribution in [-0.2, 0) is 0 Å². The van der Waals surface area contributed by atoms with Gasteiger partial charge < -0.3 is 55.4 Å². The minimum Gasteiger partial charge on any atom is -0.508 e. The Morgan fingerprint density at radius 1 is 0.377 bits per heavy atom. The maximum absolute atomic E-state index is 10.7. The van der Waals surface area contributed by atoms with Gasteiger partial charge in [0.05, 0.1) is 11.8 Å². The van der Waals surface area contributed by atoms with E-state index in [9.17, 15) is 46.0 Å². The molecule has 0 saturated heterocycles. The minimum absolute atomic E-state index is 0.0814. The van der Waals surface area contributed by atoms with Crippen LogP contribution >= 0.6 is 0 Å². The highest BCUT2D eigenvalue weighted by molar-refractivity contribution is 5.80. The first-order chi connectivity index (χ1) is 25.4. The maximum atomic E-state index is 10.7. The third kappa shape index (κ3) is 5.93. The summed E-state index contributed by atoms with van der Waals surface area (Å²) in [5.41, 5.74) is 4.40. The van der Waals surface area contributed by atoms with E-state index >= 15 is 0 Å². The summed E-state index contributed by atoms with van der Waals surface area (Å²) in [6, 6.07) is 25.3. The highest BCUT2D eigenvalue weighted by Gasteiger charge is 2.46. The van der Waals surface area contributed by atoms with Gasteiger partial charge in [0, 0.05) is 29.3 Å². The predicted molar refractivity (Wildman–Crippen MR) is 193 cm³/mol. The van der Waals surface area contributed by atoms with E-state index in [0.29, 0.717) is 50.4 Å². The second-order valence-corrected chi connectivity index (χ2v) is 13.1. The number of aromatic hydroxyl groups is 9. The summed E-state index contributed by atoms with van der Waals surface area (Å²) >= 11 is 0. The summed E-state index contributed by atoms with van der Waals surface area (Å²) in [6.07, 6.45) is 1.96. The van der Waals surface area contributed by atoms with Crippen molar-refractivity contribution < 1.29 is 55.4 Å². The molecule has 11 nitrogen and oxygen atoms in total. The van der Waals surface area contributed by atoms with E-state index in [0.717, 1.165) is 5.56 Å². The largest absolute Gasteiger partial charge is 0.508 e. The van der Waals surface area contributed by atoms with Gasteiger partial charge in [0.15, 0.2) is 23.0 Å². The van der Waals surface area contributed by atoms with Gasteiger partial charge in [-0.25, -0.2) is 0 Å². The van der Waals surface area contributed by atoms with Gasteiger partial charge in [-0.15, -0.1) is 0 Å². The molecule has 266 valence electrons. The molecule has 2 aliphatic heterocycles. The smallest absolute Gasteiger partial charge is 0.157 e. The van der Waals surface area contributed by atoms with Crippen LogP contribution in [0.4, 0.5) is 0 Å². The molecular formula is C42H32O11. The Kier molecular flexibility index (Phi) is 7.83. The van der Waals surface area contributed by atoms with E-state index in [1.54, 1.807) is 42.5 Å². The SMILES string of the molecule is Oc1ccc(C=Cc2c3c(cc4c2[C@@H](c2cc(O)cc(O)c2)[C@H](c2ccc(O)c(O)c2)O4)O[C@H](c2ccc(O)c(O)c2)[C@H]3c2cc(O)cc(O)c2)cc1. The first kappa shape index (κ1) is 33.0. The molecule has 0 bridgehead atoms. The number of hydrogen-bond acceptors (Lipinski definition) is 11. The zero-order valence-corrected chi connectivity index (χ0v) is 27.6. The van der Waals surface area contributed by atoms with Crippen LogP contribution in [0.2, 0.25) is 0 Å². The van der Waals surface area contributed by atoms with E-state index in [-0.39, 0.29) is 51.7 Å². The molecule has 0 fully saturated rings. The summed E-state index contributed by atoms with van der Waals surface area (Å²) in [5, 5.41) is 93.9. The zero-order valence-electron chi connectivity index (χ0n) is 27.6. The van der Waals surface area contributed by atoms with Crippen molar-refractivity contribution in [1.82, 2.24) is 0 Å². The van der Waals surface area contributed by atoms with Crippen molar-refractivity contribution in [1.29, 1.82) is 0 Å². The van der Waals surface area contributed by atoms with Crippen LogP contribution in [0.3, 0.4) is 0 Å². The number of ether oxygens (including phenoxy) is 2. The fourth-order valence-electron chi connectivity index (χ4n) is 7.41. The van der Waals surface area contributed by atoms with Gasteiger partial charge in [-0.2, -0.15) is 0 Å². The van der Waals surface area contributed by atoms with Crippen molar-refractivity contribution in [3.05, 3.63) is 148 Å². The number of phenolic OH excluding ortho intramolecular Hbond substituents is 9. The monoisotopic (exact) mass is 712 g/mol. The molecule has 0 unspecified atom stereocenters. The average Bonchev–Trinajstić information content (AvgIpc) is 3.68. The third-order valence-electron chi connectivity index (χ3n) is 9.67. The Balaban J connectivity index is 1.42. The van der Waals surface area contributed by atoms with Gasteiger partial charge in [0.2, 0.25) is 0 Å². The molecule has 4 atom stereocenters. The first-order valence-corrected chi connectivity index (χ1v) is 16.5. The van der Waals surface area contributed by atoms with Gasteiger partial charge in [-0.1, -0.05) is 36.4 Å². The molecule has 11 heteroatoms. The molecular weight excluding hydrogens is 680 g/mol. The van der Waals surface area contributed by atoms with Crippen molar-refractivity contribution in [3.63, 3.8) is 0 Å². The van der Waals surface area contributed by atoms with Crippen molar-refractivity contribution in [2.24, 2.45) is 0 Å². The standard InChI is InChI=1S/C42H32O11/c43-25-6-1-20(2-7-25)3-8-30-39-35(52-41(21-4-9-31(48)33(50)15-21)37(39)23-11-26(44)17-27(45)12-23)19-36-40(30)38(24-13-28(46)18-29(47)14-24)42(53-36)22-5-10-32(49)34(51)16-22/h1-19,37-38,41-51H/t37-,38+,41+,42-. The lowest BCUT2D eigenvalue weighted by Crippen LogP contribution is -2.14. The topological polar surface area (TPSA) is 201 Å². The average molecular weight is 713 g/mol. The lowest BCUT2D eigenvalue weighted by Gasteiger charge is -2.24. The molecule has 6 aromatic rings. The lowest BCUT2D eigenvalue weighted by atomic mass is 9.77. The Hall–Kier alpha value is -7.14. The Morgan fingerprint density at radius 3 is 1.23 bits per heavy atom. The summed E-state index contributed by atoms with van der Waals surface area (Å²) in [7, 11) is 0. The molecule has 0 radical (unpaired) electrons. The second-order valence-electron chi connectivity index (χ2n) is 13.1. The summed E-state index contributed by atoms with van der Waals surface area (Å²) in [4.78, 5) is 0. The number of hydrogen-bond donors (Lipinski definition) is 9. The van der Waals surface area contributed by atoms with Crippen LogP contribution in [0, 0.1) is 0 Å². The van der Waals surface area contributed by atoms with E-state index in [1.165, 1.54) is 60.7 Å². The number of phenols is 9. The maximum Gasteiger partial charge on any atom is 0.157 e. The molecule has 53 heavy (non-hydrogen) atoms. The molecule has 0 aromatic heterocycles. The summed E-state index contributed by atoms with van der Waals surface area (Å²) in [6.45, 7) is 0. The van der Waals surface area contributed by atoms with Crippen LogP contribution in [0.5, 0.6) is 63.2 Å². The van der Waals surface area contributed by atoms with E-state index in [4.69, 9.17) is 9.47 Å². The summed E-state index contributed by atoms with van der Waals surface area (Å²) in [5.74, 6) is -2.89. The molecule has 6 aromatic carbocycles. The van der Waals surface area contributed by atoms with Crippen molar-refractivity contribution >= 4 is 12.2 Å². The Bertz CT molecular complexity index is 2260. The Morgan fingerprint density at radius 2 is 0.811 bits per heavy atom. The van der Waals surface area contributed by atoms with E-state index in [1.807, 2.05) is 12.2 Å². The fraction of sp³-hybridized carbons (Fsp3) is 0.0952. The van der Waals surface area contributed by atoms with Crippen LogP contribution in [0.25, 0.3) is 12.2 Å². The van der Waals surface area contributed by atoms with Crippen LogP contribution in [0.15, 0.2) is 103 Å². The second kappa shape index (κ2) is 12.6. The van der Waals surface area contributed by atoms with Gasteiger partial charge in [0.1, 0.15) is 52.5 Å². The highest BCUT2D eigenvalue weighted by Crippen LogP contribution is 2.60. The normalized spacial score (nSPS) is 18.7. The molecule has 0 aliphatic carbocycles. The minimum atomic E-state index is -0.853. The number of rotatable bonds is 6. The van der Waals surface area contributed by atoms with Crippen molar-refractivity contribution in [3.8, 4) is 63.2 Å². The Labute approximate surface area is 302 Å². The first-order valence-electron chi connectivity index (χ1n) is 16.5. The van der Waals surface area contributed by atoms with Crippen molar-refractivity contribution in [2.45, 2.75) is 24.0 Å². The highest BCUT2D eigenvalue weighted by atomic mass is 16.5. The van der Waals surface area contributed by atoms with Gasteiger partial charge in [-0.05, 0) is 94.0 Å². The molecule has 8 rings (SSSR count). The van der Waals surface area contributed by atoms with Gasteiger partial charge >= 0.3 is 0 Å². The molecule has 0 saturated carbocycles. The quantitative estimate of drug-likeness (QED) is 0.0604. The van der Waals surface area contributed by atoms with Gasteiger partial charge in [-0.3, -0.25) is 0 Å². The van der Waals surface area contributed by atoms with Crippen molar-refractivity contribution in [2.75, 3.05) is 0 Å². The molecule has 9 N–H and O–H groups in total. The fourth-order valence-corrected chi connectivity index (χ4v) is 7.41. The number of fused-ring (bicyclic) bond motifs is 2. The zero-order chi connectivity index (χ0) is 37.1. The third-order valence-corrected chi connectivity index (χ3v) is 9.67.